The Kier molecular flexibility index (Phi) is 4.36. The molecule has 0 aromatic carbocycles. The molecule has 14 heavy (non-hydrogen) atoms. The van der Waals surface area contributed by atoms with E-state index in [0.717, 1.165) is 12.8 Å². The summed E-state index contributed by atoms with van der Waals surface area (Å²) in [4.78, 5) is 0. The summed E-state index contributed by atoms with van der Waals surface area (Å²) in [6.07, 6.45) is 7.06. The Morgan fingerprint density at radius 3 is 2.21 bits per heavy atom. The van der Waals surface area contributed by atoms with Crippen LogP contribution < -0.4 is 5.73 Å². The van der Waals surface area contributed by atoms with Crippen molar-refractivity contribution >= 4 is 0 Å². The van der Waals surface area contributed by atoms with Crippen LogP contribution in [0.5, 0.6) is 0 Å². The molecule has 84 valence electrons. The molecule has 0 bridgehead atoms. The molecule has 2 atom stereocenters. The monoisotopic (exact) mass is 201 g/mol. The van der Waals surface area contributed by atoms with Gasteiger partial charge in [0, 0.05) is 5.92 Å². The number of nitrogens with two attached hydrogens (primary N) is 1. The molecule has 0 aromatic rings. The third-order valence-corrected chi connectivity index (χ3v) is 3.97. The molecule has 1 aliphatic carbocycles. The topological polar surface area (TPSA) is 26.0 Å². The van der Waals surface area contributed by atoms with Crippen molar-refractivity contribution in [2.75, 3.05) is 6.54 Å². The molecule has 2 N–H and O–H groups in total. The maximum absolute atomic E-state index is 14.5. The third kappa shape index (κ3) is 2.69. The molecular formula is C12H24FN. The van der Waals surface area contributed by atoms with Crippen molar-refractivity contribution in [1.82, 2.24) is 0 Å². The zero-order valence-corrected chi connectivity index (χ0v) is 9.56. The van der Waals surface area contributed by atoms with Crippen LogP contribution in [0.25, 0.3) is 0 Å². The van der Waals surface area contributed by atoms with Gasteiger partial charge in [-0.15, -0.1) is 0 Å². The van der Waals surface area contributed by atoms with Crippen molar-refractivity contribution in [2.24, 2.45) is 17.6 Å². The highest BCUT2D eigenvalue weighted by atomic mass is 19.1. The van der Waals surface area contributed by atoms with Gasteiger partial charge in [0.15, 0.2) is 0 Å². The molecule has 2 heteroatoms. The van der Waals surface area contributed by atoms with Gasteiger partial charge < -0.3 is 5.73 Å². The van der Waals surface area contributed by atoms with Crippen LogP contribution >= 0.6 is 0 Å². The lowest BCUT2D eigenvalue weighted by Crippen LogP contribution is -2.40. The summed E-state index contributed by atoms with van der Waals surface area (Å²) < 4.78 is 14.5. The number of hydrogen-bond acceptors (Lipinski definition) is 1. The second-order valence-corrected chi connectivity index (χ2v) is 4.98. The molecule has 1 saturated carbocycles. The summed E-state index contributed by atoms with van der Waals surface area (Å²) in [6, 6.07) is 0. The maximum Gasteiger partial charge on any atom is 0.114 e. The molecule has 0 aliphatic heterocycles. The highest BCUT2D eigenvalue weighted by Gasteiger charge is 2.38. The highest BCUT2D eigenvalue weighted by Crippen LogP contribution is 2.38. The molecule has 0 spiro atoms. The van der Waals surface area contributed by atoms with Gasteiger partial charge in [0.05, 0.1) is 0 Å². The lowest BCUT2D eigenvalue weighted by Gasteiger charge is -2.34. The van der Waals surface area contributed by atoms with E-state index in [-0.39, 0.29) is 11.8 Å². The van der Waals surface area contributed by atoms with E-state index in [9.17, 15) is 4.39 Å². The van der Waals surface area contributed by atoms with Gasteiger partial charge in [0.1, 0.15) is 5.67 Å². The molecule has 0 aromatic heterocycles. The SMILES string of the molecule is CC(CN)C(C)(F)C1CCCCCC1. The van der Waals surface area contributed by atoms with Gasteiger partial charge in [-0.25, -0.2) is 4.39 Å². The van der Waals surface area contributed by atoms with Gasteiger partial charge in [-0.3, -0.25) is 0 Å². The number of alkyl halides is 1. The lowest BCUT2D eigenvalue weighted by molar-refractivity contribution is 0.0368. The Morgan fingerprint density at radius 2 is 1.79 bits per heavy atom. The van der Waals surface area contributed by atoms with E-state index in [1.54, 1.807) is 6.92 Å². The Hall–Kier alpha value is -0.110. The van der Waals surface area contributed by atoms with Gasteiger partial charge >= 0.3 is 0 Å². The van der Waals surface area contributed by atoms with Crippen LogP contribution in [-0.2, 0) is 0 Å². The van der Waals surface area contributed by atoms with Crippen LogP contribution in [0.4, 0.5) is 4.39 Å². The first-order valence-corrected chi connectivity index (χ1v) is 5.98. The van der Waals surface area contributed by atoms with Crippen molar-refractivity contribution in [3.63, 3.8) is 0 Å². The van der Waals surface area contributed by atoms with Gasteiger partial charge in [-0.2, -0.15) is 0 Å². The molecule has 2 unspecified atom stereocenters. The normalized spacial score (nSPS) is 26.6. The van der Waals surface area contributed by atoms with E-state index in [1.807, 2.05) is 6.92 Å². The summed E-state index contributed by atoms with van der Waals surface area (Å²) >= 11 is 0. The highest BCUT2D eigenvalue weighted by molar-refractivity contribution is 4.88. The molecule has 1 nitrogen and oxygen atoms in total. The van der Waals surface area contributed by atoms with Crippen LogP contribution in [0.1, 0.15) is 52.4 Å². The standard InChI is InChI=1S/C12H24FN/c1-10(9-14)12(2,13)11-7-5-3-4-6-8-11/h10-11H,3-9,14H2,1-2H3. The molecule has 1 fully saturated rings. The Morgan fingerprint density at radius 1 is 1.29 bits per heavy atom. The molecule has 1 aliphatic rings. The zero-order chi connectivity index (χ0) is 10.6. The second kappa shape index (κ2) is 5.11. The van der Waals surface area contributed by atoms with Crippen LogP contribution in [0.15, 0.2) is 0 Å². The molecule has 0 saturated heterocycles. The predicted octanol–water partition coefficient (Wildman–Crippen LogP) is 3.28. The van der Waals surface area contributed by atoms with Crippen molar-refractivity contribution in [2.45, 2.75) is 58.0 Å². The summed E-state index contributed by atoms with van der Waals surface area (Å²) in [5.74, 6) is 0.231. The van der Waals surface area contributed by atoms with E-state index >= 15 is 0 Å². The van der Waals surface area contributed by atoms with Crippen LogP contribution in [0.2, 0.25) is 0 Å². The van der Waals surface area contributed by atoms with E-state index in [2.05, 4.69) is 0 Å². The van der Waals surface area contributed by atoms with Crippen LogP contribution in [-0.4, -0.2) is 12.2 Å². The fourth-order valence-corrected chi connectivity index (χ4v) is 2.48. The zero-order valence-electron chi connectivity index (χ0n) is 9.56. The van der Waals surface area contributed by atoms with Crippen molar-refractivity contribution in [3.05, 3.63) is 0 Å². The Balaban J connectivity index is 2.59. The summed E-state index contributed by atoms with van der Waals surface area (Å²) in [5, 5.41) is 0. The molecule has 1 rings (SSSR count). The first kappa shape index (κ1) is 12.0. The third-order valence-electron chi connectivity index (χ3n) is 3.97. The van der Waals surface area contributed by atoms with Crippen LogP contribution in [0.3, 0.4) is 0 Å². The van der Waals surface area contributed by atoms with Gasteiger partial charge in [0.2, 0.25) is 0 Å². The minimum atomic E-state index is -1.06. The maximum atomic E-state index is 14.5. The fraction of sp³-hybridized carbons (Fsp3) is 1.00. The van der Waals surface area contributed by atoms with Crippen molar-refractivity contribution in [1.29, 1.82) is 0 Å². The van der Waals surface area contributed by atoms with Gasteiger partial charge in [-0.1, -0.05) is 32.6 Å². The lowest BCUT2D eigenvalue weighted by atomic mass is 9.77. The summed E-state index contributed by atoms with van der Waals surface area (Å²) in [7, 11) is 0. The quantitative estimate of drug-likeness (QED) is 0.697. The average molecular weight is 201 g/mol. The largest absolute Gasteiger partial charge is 0.330 e. The Bertz CT molecular complexity index is 160. The summed E-state index contributed by atoms with van der Waals surface area (Å²) in [5.41, 5.74) is 4.51. The van der Waals surface area contributed by atoms with Crippen molar-refractivity contribution < 1.29 is 4.39 Å². The van der Waals surface area contributed by atoms with E-state index in [4.69, 9.17) is 5.73 Å². The van der Waals surface area contributed by atoms with Crippen LogP contribution in [0, 0.1) is 11.8 Å². The summed E-state index contributed by atoms with van der Waals surface area (Å²) in [6.45, 7) is 4.15. The second-order valence-electron chi connectivity index (χ2n) is 4.98. The first-order valence-electron chi connectivity index (χ1n) is 5.98. The minimum Gasteiger partial charge on any atom is -0.330 e. The van der Waals surface area contributed by atoms with Crippen molar-refractivity contribution in [3.8, 4) is 0 Å². The minimum absolute atomic E-state index is 0.00870. The molecule has 0 heterocycles. The van der Waals surface area contributed by atoms with Gasteiger partial charge in [-0.05, 0) is 32.2 Å². The predicted molar refractivity (Wildman–Crippen MR) is 58.9 cm³/mol. The first-order chi connectivity index (χ1) is 6.59. The number of rotatable bonds is 3. The fourth-order valence-electron chi connectivity index (χ4n) is 2.48. The van der Waals surface area contributed by atoms with Gasteiger partial charge in [0.25, 0.3) is 0 Å². The smallest absolute Gasteiger partial charge is 0.114 e. The Labute approximate surface area is 87.3 Å². The molecular weight excluding hydrogens is 177 g/mol. The van der Waals surface area contributed by atoms with E-state index in [0.29, 0.717) is 6.54 Å². The number of halogens is 1. The molecule has 0 amide bonds. The molecule has 0 radical (unpaired) electrons. The van der Waals surface area contributed by atoms with E-state index in [1.165, 1.54) is 25.7 Å². The number of hydrogen-bond donors (Lipinski definition) is 1. The average Bonchev–Trinajstić information content (AvgIpc) is 2.44. The van der Waals surface area contributed by atoms with E-state index < -0.39 is 5.67 Å².